The summed E-state index contributed by atoms with van der Waals surface area (Å²) in [7, 11) is 0. The van der Waals surface area contributed by atoms with Crippen LogP contribution in [0.25, 0.3) is 0 Å². The number of benzene rings is 1. The molecule has 2 nitrogen and oxygen atoms in total. The molecule has 0 bridgehead atoms. The number of thioether (sulfide) groups is 1. The van der Waals surface area contributed by atoms with Crippen LogP contribution in [0.1, 0.15) is 62.4 Å². The summed E-state index contributed by atoms with van der Waals surface area (Å²) in [4.78, 5) is 12.0. The molecule has 0 spiro atoms. The lowest BCUT2D eigenvalue weighted by atomic mass is 9.95. The average molecular weight is 292 g/mol. The van der Waals surface area contributed by atoms with Gasteiger partial charge in [0.25, 0.3) is 0 Å². The lowest BCUT2D eigenvalue weighted by Crippen LogP contribution is -2.23. The number of esters is 1. The zero-order valence-electron chi connectivity index (χ0n) is 12.8. The molecule has 110 valence electrons. The number of hydrogen-bond donors (Lipinski definition) is 0. The van der Waals surface area contributed by atoms with Gasteiger partial charge in [0.05, 0.1) is 5.56 Å². The van der Waals surface area contributed by atoms with Crippen molar-refractivity contribution in [3.05, 3.63) is 35.4 Å². The molecular weight excluding hydrogens is 268 g/mol. The first-order chi connectivity index (χ1) is 9.39. The van der Waals surface area contributed by atoms with Gasteiger partial charge < -0.3 is 4.74 Å². The summed E-state index contributed by atoms with van der Waals surface area (Å²) in [6, 6.07) is 7.96. The van der Waals surface area contributed by atoms with Crippen LogP contribution in [0.15, 0.2) is 24.3 Å². The quantitative estimate of drug-likeness (QED) is 0.759. The molecule has 0 aliphatic carbocycles. The third-order valence-corrected chi connectivity index (χ3v) is 5.14. The number of carbonyl (C=O) groups excluding carboxylic acids is 1. The van der Waals surface area contributed by atoms with Crippen molar-refractivity contribution in [3.63, 3.8) is 0 Å². The summed E-state index contributed by atoms with van der Waals surface area (Å²) in [5.41, 5.74) is 1.55. The maximum absolute atomic E-state index is 12.0. The Kier molecular flexibility index (Phi) is 4.79. The highest BCUT2D eigenvalue weighted by Crippen LogP contribution is 2.39. The standard InChI is InChI=1S/C17H24O2S/c1-5-15-10-14(11-20-15)12-6-8-13(9-7-12)16(18)19-17(2,3)4/h6-9,14-15H,5,10-11H2,1-4H3. The van der Waals surface area contributed by atoms with E-state index in [2.05, 4.69) is 30.8 Å². The van der Waals surface area contributed by atoms with Gasteiger partial charge in [0.1, 0.15) is 5.60 Å². The van der Waals surface area contributed by atoms with Crippen molar-refractivity contribution in [2.24, 2.45) is 0 Å². The first-order valence-corrected chi connectivity index (χ1v) is 8.39. The molecule has 0 saturated carbocycles. The van der Waals surface area contributed by atoms with Gasteiger partial charge in [0.15, 0.2) is 0 Å². The normalized spacial score (nSPS) is 22.8. The van der Waals surface area contributed by atoms with E-state index in [1.165, 1.54) is 24.2 Å². The minimum Gasteiger partial charge on any atom is -0.456 e. The monoisotopic (exact) mass is 292 g/mol. The van der Waals surface area contributed by atoms with Gasteiger partial charge in [-0.3, -0.25) is 0 Å². The Bertz CT molecular complexity index is 459. The lowest BCUT2D eigenvalue weighted by Gasteiger charge is -2.19. The van der Waals surface area contributed by atoms with Gasteiger partial charge in [0, 0.05) is 11.0 Å². The molecule has 0 aromatic heterocycles. The van der Waals surface area contributed by atoms with Gasteiger partial charge in [-0.15, -0.1) is 0 Å². The summed E-state index contributed by atoms with van der Waals surface area (Å²) in [6.45, 7) is 7.92. The van der Waals surface area contributed by atoms with E-state index in [1.54, 1.807) is 0 Å². The van der Waals surface area contributed by atoms with Crippen LogP contribution in [-0.2, 0) is 4.74 Å². The smallest absolute Gasteiger partial charge is 0.338 e. The van der Waals surface area contributed by atoms with E-state index in [0.717, 1.165) is 5.25 Å². The second kappa shape index (κ2) is 6.21. The molecule has 1 saturated heterocycles. The molecular formula is C17H24O2S. The number of hydrogen-bond acceptors (Lipinski definition) is 3. The molecule has 0 amide bonds. The fraction of sp³-hybridized carbons (Fsp3) is 0.588. The van der Waals surface area contributed by atoms with Crippen LogP contribution in [0.3, 0.4) is 0 Å². The predicted octanol–water partition coefficient (Wildman–Crippen LogP) is 4.64. The molecule has 2 atom stereocenters. The molecule has 1 aliphatic heterocycles. The highest BCUT2D eigenvalue weighted by atomic mass is 32.2. The van der Waals surface area contributed by atoms with Gasteiger partial charge in [-0.1, -0.05) is 19.1 Å². The maximum atomic E-state index is 12.0. The minimum absolute atomic E-state index is 0.240. The van der Waals surface area contributed by atoms with Crippen molar-refractivity contribution in [2.45, 2.75) is 57.3 Å². The fourth-order valence-corrected chi connectivity index (χ4v) is 3.89. The van der Waals surface area contributed by atoms with Gasteiger partial charge in [-0.25, -0.2) is 4.79 Å². The van der Waals surface area contributed by atoms with Crippen LogP contribution in [-0.4, -0.2) is 22.6 Å². The van der Waals surface area contributed by atoms with Crippen LogP contribution < -0.4 is 0 Å². The van der Waals surface area contributed by atoms with Crippen molar-refractivity contribution >= 4 is 17.7 Å². The molecule has 0 N–H and O–H groups in total. The molecule has 3 heteroatoms. The number of rotatable bonds is 3. The van der Waals surface area contributed by atoms with Gasteiger partial charge in [-0.2, -0.15) is 11.8 Å². The second-order valence-electron chi connectivity index (χ2n) is 6.42. The summed E-state index contributed by atoms with van der Waals surface area (Å²) in [5.74, 6) is 1.60. The topological polar surface area (TPSA) is 26.3 Å². The van der Waals surface area contributed by atoms with E-state index < -0.39 is 5.60 Å². The molecule has 1 aromatic rings. The average Bonchev–Trinajstić information content (AvgIpc) is 2.85. The zero-order valence-corrected chi connectivity index (χ0v) is 13.6. The fourth-order valence-electron chi connectivity index (χ4n) is 2.45. The molecule has 1 aromatic carbocycles. The van der Waals surface area contributed by atoms with E-state index in [-0.39, 0.29) is 5.97 Å². The Balaban J connectivity index is 2.02. The van der Waals surface area contributed by atoms with Crippen molar-refractivity contribution in [1.82, 2.24) is 0 Å². The Morgan fingerprint density at radius 2 is 1.95 bits per heavy atom. The van der Waals surface area contributed by atoms with Crippen molar-refractivity contribution in [3.8, 4) is 0 Å². The SMILES string of the molecule is CCC1CC(c2ccc(C(=O)OC(C)(C)C)cc2)CS1. The van der Waals surface area contributed by atoms with Crippen molar-refractivity contribution in [1.29, 1.82) is 0 Å². The lowest BCUT2D eigenvalue weighted by molar-refractivity contribution is 0.00695. The summed E-state index contributed by atoms with van der Waals surface area (Å²) in [5, 5.41) is 0.797. The summed E-state index contributed by atoms with van der Waals surface area (Å²) >= 11 is 2.07. The van der Waals surface area contributed by atoms with Gasteiger partial charge in [-0.05, 0) is 57.2 Å². The summed E-state index contributed by atoms with van der Waals surface area (Å²) in [6.07, 6.45) is 2.50. The molecule has 2 unspecified atom stereocenters. The number of carbonyl (C=O) groups is 1. The van der Waals surface area contributed by atoms with Crippen LogP contribution in [0, 0.1) is 0 Å². The van der Waals surface area contributed by atoms with Crippen LogP contribution in [0.5, 0.6) is 0 Å². The first kappa shape index (κ1) is 15.4. The van der Waals surface area contributed by atoms with Crippen LogP contribution in [0.2, 0.25) is 0 Å². The van der Waals surface area contributed by atoms with Crippen molar-refractivity contribution in [2.75, 3.05) is 5.75 Å². The van der Waals surface area contributed by atoms with Gasteiger partial charge in [0.2, 0.25) is 0 Å². The first-order valence-electron chi connectivity index (χ1n) is 7.34. The summed E-state index contributed by atoms with van der Waals surface area (Å²) < 4.78 is 5.38. The maximum Gasteiger partial charge on any atom is 0.338 e. The minimum atomic E-state index is -0.438. The van der Waals surface area contributed by atoms with E-state index in [4.69, 9.17) is 4.74 Å². The predicted molar refractivity (Wildman–Crippen MR) is 85.5 cm³/mol. The zero-order chi connectivity index (χ0) is 14.8. The third-order valence-electron chi connectivity index (χ3n) is 3.55. The number of ether oxygens (including phenoxy) is 1. The third kappa shape index (κ3) is 4.02. The van der Waals surface area contributed by atoms with Crippen LogP contribution in [0.4, 0.5) is 0 Å². The molecule has 20 heavy (non-hydrogen) atoms. The highest BCUT2D eigenvalue weighted by molar-refractivity contribution is 8.00. The molecule has 1 fully saturated rings. The van der Waals surface area contributed by atoms with E-state index in [0.29, 0.717) is 11.5 Å². The van der Waals surface area contributed by atoms with E-state index in [1.807, 2.05) is 32.9 Å². The largest absolute Gasteiger partial charge is 0.456 e. The molecule has 0 radical (unpaired) electrons. The Morgan fingerprint density at radius 1 is 1.30 bits per heavy atom. The second-order valence-corrected chi connectivity index (χ2v) is 7.75. The molecule has 2 rings (SSSR count). The Hall–Kier alpha value is -0.960. The highest BCUT2D eigenvalue weighted by Gasteiger charge is 2.25. The molecule has 1 aliphatic rings. The Morgan fingerprint density at radius 3 is 2.45 bits per heavy atom. The van der Waals surface area contributed by atoms with E-state index in [9.17, 15) is 4.79 Å². The van der Waals surface area contributed by atoms with Gasteiger partial charge >= 0.3 is 5.97 Å². The molecule has 1 heterocycles. The van der Waals surface area contributed by atoms with Crippen molar-refractivity contribution < 1.29 is 9.53 Å². The van der Waals surface area contributed by atoms with Crippen LogP contribution >= 0.6 is 11.8 Å². The Labute approximate surface area is 126 Å². The van der Waals surface area contributed by atoms with E-state index >= 15 is 0 Å².